The van der Waals surface area contributed by atoms with Gasteiger partial charge in [0.2, 0.25) is 0 Å². The number of halogens is 1. The second-order valence-corrected chi connectivity index (χ2v) is 5.60. The SMILES string of the molecule is CCCCCCC(C#N)(Cn1cncn1)c1ccc(F)cc1. The van der Waals surface area contributed by atoms with Crippen LogP contribution in [0.25, 0.3) is 0 Å². The molecule has 0 saturated carbocycles. The van der Waals surface area contributed by atoms with Crippen molar-refractivity contribution in [3.05, 3.63) is 48.3 Å². The number of unbranched alkanes of at least 4 members (excludes halogenated alkanes) is 3. The third-order valence-electron chi connectivity index (χ3n) is 3.97. The summed E-state index contributed by atoms with van der Waals surface area (Å²) in [5, 5.41) is 14.0. The van der Waals surface area contributed by atoms with Gasteiger partial charge in [0.05, 0.1) is 12.6 Å². The number of benzene rings is 1. The Balaban J connectivity index is 2.24. The van der Waals surface area contributed by atoms with Crippen LogP contribution in [0.1, 0.15) is 44.6 Å². The molecular formula is C17H21FN4. The molecule has 116 valence electrons. The van der Waals surface area contributed by atoms with Gasteiger partial charge in [0.15, 0.2) is 0 Å². The van der Waals surface area contributed by atoms with E-state index in [1.807, 2.05) is 0 Å². The van der Waals surface area contributed by atoms with Crippen LogP contribution in [0.4, 0.5) is 4.39 Å². The first-order valence-corrected chi connectivity index (χ1v) is 7.70. The minimum Gasteiger partial charge on any atom is -0.251 e. The summed E-state index contributed by atoms with van der Waals surface area (Å²) in [6.45, 7) is 2.59. The van der Waals surface area contributed by atoms with E-state index in [-0.39, 0.29) is 5.82 Å². The molecule has 5 heteroatoms. The van der Waals surface area contributed by atoms with Crippen LogP contribution in [0.15, 0.2) is 36.9 Å². The number of hydrogen-bond donors (Lipinski definition) is 0. The molecule has 1 atom stereocenters. The molecule has 0 aliphatic heterocycles. The number of aromatic nitrogens is 3. The Morgan fingerprint density at radius 2 is 2.00 bits per heavy atom. The molecule has 2 aromatic rings. The van der Waals surface area contributed by atoms with E-state index in [0.717, 1.165) is 37.7 Å². The van der Waals surface area contributed by atoms with Gasteiger partial charge in [-0.1, -0.05) is 44.7 Å². The first kappa shape index (κ1) is 16.2. The molecule has 1 unspecified atom stereocenters. The highest BCUT2D eigenvalue weighted by Gasteiger charge is 2.33. The van der Waals surface area contributed by atoms with Crippen molar-refractivity contribution in [2.24, 2.45) is 0 Å². The van der Waals surface area contributed by atoms with E-state index in [1.165, 1.54) is 18.5 Å². The largest absolute Gasteiger partial charge is 0.251 e. The van der Waals surface area contributed by atoms with E-state index in [2.05, 4.69) is 23.1 Å². The molecule has 22 heavy (non-hydrogen) atoms. The summed E-state index contributed by atoms with van der Waals surface area (Å²) in [6.07, 6.45) is 8.18. The van der Waals surface area contributed by atoms with Gasteiger partial charge in [0, 0.05) is 0 Å². The van der Waals surface area contributed by atoms with E-state index >= 15 is 0 Å². The number of nitrogens with zero attached hydrogens (tertiary/aromatic N) is 4. The molecule has 1 heterocycles. The summed E-state index contributed by atoms with van der Waals surface area (Å²) in [5.41, 5.74) is 0.137. The van der Waals surface area contributed by atoms with E-state index < -0.39 is 5.41 Å². The van der Waals surface area contributed by atoms with Gasteiger partial charge in [-0.15, -0.1) is 0 Å². The molecule has 0 radical (unpaired) electrons. The van der Waals surface area contributed by atoms with Crippen LogP contribution in [0.2, 0.25) is 0 Å². The first-order chi connectivity index (χ1) is 10.7. The van der Waals surface area contributed by atoms with Crippen LogP contribution in [0, 0.1) is 17.1 Å². The van der Waals surface area contributed by atoms with Crippen LogP contribution >= 0.6 is 0 Å². The van der Waals surface area contributed by atoms with Crippen molar-refractivity contribution in [2.45, 2.75) is 51.0 Å². The van der Waals surface area contributed by atoms with Gasteiger partial charge in [-0.3, -0.25) is 4.68 Å². The van der Waals surface area contributed by atoms with E-state index in [0.29, 0.717) is 6.54 Å². The monoisotopic (exact) mass is 300 g/mol. The second-order valence-electron chi connectivity index (χ2n) is 5.60. The Bertz CT molecular complexity index is 601. The van der Waals surface area contributed by atoms with Crippen LogP contribution in [-0.4, -0.2) is 14.8 Å². The number of nitriles is 1. The standard InChI is InChI=1S/C17H21FN4/c1-2-3-4-5-10-17(11-19,12-22-14-20-13-21-22)15-6-8-16(18)9-7-15/h6-9,13-14H,2-5,10,12H2,1H3. The summed E-state index contributed by atoms with van der Waals surface area (Å²) in [7, 11) is 0. The number of rotatable bonds is 8. The zero-order valence-electron chi connectivity index (χ0n) is 12.9. The summed E-state index contributed by atoms with van der Waals surface area (Å²) >= 11 is 0. The number of hydrogen-bond acceptors (Lipinski definition) is 3. The highest BCUT2D eigenvalue weighted by Crippen LogP contribution is 2.32. The fraction of sp³-hybridized carbons (Fsp3) is 0.471. The minimum atomic E-state index is -0.699. The maximum Gasteiger partial charge on any atom is 0.137 e. The molecule has 0 fully saturated rings. The first-order valence-electron chi connectivity index (χ1n) is 7.70. The molecular weight excluding hydrogens is 279 g/mol. The van der Waals surface area contributed by atoms with Crippen LogP contribution < -0.4 is 0 Å². The lowest BCUT2D eigenvalue weighted by molar-refractivity contribution is 0.384. The molecule has 1 aromatic carbocycles. The molecule has 0 saturated heterocycles. The molecule has 0 aliphatic rings. The fourth-order valence-electron chi connectivity index (χ4n) is 2.68. The lowest BCUT2D eigenvalue weighted by Gasteiger charge is -2.27. The maximum atomic E-state index is 13.2. The van der Waals surface area contributed by atoms with Gasteiger partial charge in [-0.25, -0.2) is 9.37 Å². The van der Waals surface area contributed by atoms with Crippen molar-refractivity contribution in [3.63, 3.8) is 0 Å². The Hall–Kier alpha value is -2.22. The zero-order valence-corrected chi connectivity index (χ0v) is 12.9. The predicted molar refractivity (Wildman–Crippen MR) is 82.5 cm³/mol. The Morgan fingerprint density at radius 3 is 2.59 bits per heavy atom. The van der Waals surface area contributed by atoms with Crippen molar-refractivity contribution in [3.8, 4) is 6.07 Å². The molecule has 4 nitrogen and oxygen atoms in total. The summed E-state index contributed by atoms with van der Waals surface area (Å²) < 4.78 is 14.9. The van der Waals surface area contributed by atoms with Crippen molar-refractivity contribution < 1.29 is 4.39 Å². The smallest absolute Gasteiger partial charge is 0.137 e. The fourth-order valence-corrected chi connectivity index (χ4v) is 2.68. The van der Waals surface area contributed by atoms with Gasteiger partial charge in [-0.05, 0) is 24.1 Å². The molecule has 0 N–H and O–H groups in total. The quantitative estimate of drug-likeness (QED) is 0.696. The summed E-state index contributed by atoms with van der Waals surface area (Å²) in [5.74, 6) is -0.290. The minimum absolute atomic E-state index is 0.290. The van der Waals surface area contributed by atoms with Gasteiger partial charge in [0.1, 0.15) is 23.9 Å². The zero-order chi connectivity index (χ0) is 15.8. The van der Waals surface area contributed by atoms with Crippen molar-refractivity contribution >= 4 is 0 Å². The van der Waals surface area contributed by atoms with Gasteiger partial charge in [0.25, 0.3) is 0 Å². The van der Waals surface area contributed by atoms with E-state index in [4.69, 9.17) is 0 Å². The lowest BCUT2D eigenvalue weighted by atomic mass is 9.77. The Kier molecular flexibility index (Phi) is 5.65. The van der Waals surface area contributed by atoms with E-state index in [1.54, 1.807) is 23.1 Å². The summed E-state index contributed by atoms with van der Waals surface area (Å²) in [6, 6.07) is 8.69. The van der Waals surface area contributed by atoms with Gasteiger partial charge >= 0.3 is 0 Å². The van der Waals surface area contributed by atoms with Crippen LogP contribution in [0.3, 0.4) is 0 Å². The summed E-state index contributed by atoms with van der Waals surface area (Å²) in [4.78, 5) is 3.94. The average Bonchev–Trinajstić information content (AvgIpc) is 3.04. The predicted octanol–water partition coefficient (Wildman–Crippen LogP) is 3.85. The van der Waals surface area contributed by atoms with Crippen molar-refractivity contribution in [1.29, 1.82) is 5.26 Å². The second kappa shape index (κ2) is 7.69. The van der Waals surface area contributed by atoms with Crippen LogP contribution in [-0.2, 0) is 12.0 Å². The van der Waals surface area contributed by atoms with Crippen LogP contribution in [0.5, 0.6) is 0 Å². The van der Waals surface area contributed by atoms with Gasteiger partial charge < -0.3 is 0 Å². The lowest BCUT2D eigenvalue weighted by Crippen LogP contribution is -2.30. The molecule has 0 amide bonds. The average molecular weight is 300 g/mol. The Morgan fingerprint density at radius 1 is 1.23 bits per heavy atom. The molecule has 2 rings (SSSR count). The highest BCUT2D eigenvalue weighted by atomic mass is 19.1. The normalized spacial score (nSPS) is 13.5. The Labute approximate surface area is 130 Å². The third kappa shape index (κ3) is 3.91. The van der Waals surface area contributed by atoms with Crippen molar-refractivity contribution in [1.82, 2.24) is 14.8 Å². The highest BCUT2D eigenvalue weighted by molar-refractivity contribution is 5.32. The third-order valence-corrected chi connectivity index (χ3v) is 3.97. The molecule has 0 bridgehead atoms. The molecule has 1 aromatic heterocycles. The molecule has 0 spiro atoms. The molecule has 0 aliphatic carbocycles. The van der Waals surface area contributed by atoms with Crippen molar-refractivity contribution in [2.75, 3.05) is 0 Å². The topological polar surface area (TPSA) is 54.5 Å². The maximum absolute atomic E-state index is 13.2. The van der Waals surface area contributed by atoms with E-state index in [9.17, 15) is 9.65 Å². The van der Waals surface area contributed by atoms with Gasteiger partial charge in [-0.2, -0.15) is 10.4 Å².